The minimum absolute atomic E-state index is 0.0441. The zero-order valence-corrected chi connectivity index (χ0v) is 11.0. The van der Waals surface area contributed by atoms with Crippen LogP contribution in [0, 0.1) is 0 Å². The van der Waals surface area contributed by atoms with Gasteiger partial charge in [-0.05, 0) is 32.4 Å². The Labute approximate surface area is 106 Å². The SMILES string of the molecule is COc1c(C(C)(F)F)cccc1C1(C)CCCN1. The molecular weight excluding hydrogens is 236 g/mol. The first-order valence-electron chi connectivity index (χ1n) is 6.19. The summed E-state index contributed by atoms with van der Waals surface area (Å²) in [5, 5.41) is 3.38. The molecule has 2 rings (SSSR count). The summed E-state index contributed by atoms with van der Waals surface area (Å²) in [6, 6.07) is 4.98. The quantitative estimate of drug-likeness (QED) is 0.893. The molecule has 1 N–H and O–H groups in total. The second-order valence-electron chi connectivity index (χ2n) is 5.14. The minimum atomic E-state index is -2.89. The maximum atomic E-state index is 13.6. The summed E-state index contributed by atoms with van der Waals surface area (Å²) in [7, 11) is 1.45. The monoisotopic (exact) mass is 255 g/mol. The van der Waals surface area contributed by atoms with Gasteiger partial charge in [-0.15, -0.1) is 0 Å². The van der Waals surface area contributed by atoms with Gasteiger partial charge in [-0.2, -0.15) is 0 Å². The van der Waals surface area contributed by atoms with Crippen LogP contribution in [0.25, 0.3) is 0 Å². The van der Waals surface area contributed by atoms with E-state index in [4.69, 9.17) is 4.74 Å². The highest BCUT2D eigenvalue weighted by Gasteiger charge is 2.37. The zero-order chi connectivity index (χ0) is 13.4. The van der Waals surface area contributed by atoms with Crippen molar-refractivity contribution in [1.29, 1.82) is 0 Å². The fourth-order valence-electron chi connectivity index (χ4n) is 2.66. The van der Waals surface area contributed by atoms with Crippen molar-refractivity contribution in [2.75, 3.05) is 13.7 Å². The largest absolute Gasteiger partial charge is 0.496 e. The highest BCUT2D eigenvalue weighted by Crippen LogP contribution is 2.42. The number of methoxy groups -OCH3 is 1. The Morgan fingerprint density at radius 3 is 2.61 bits per heavy atom. The Bertz CT molecular complexity index is 434. The lowest BCUT2D eigenvalue weighted by Gasteiger charge is -2.29. The first kappa shape index (κ1) is 13.3. The molecule has 0 aromatic heterocycles. The average molecular weight is 255 g/mol. The van der Waals surface area contributed by atoms with Gasteiger partial charge in [0.1, 0.15) is 5.75 Å². The van der Waals surface area contributed by atoms with Crippen molar-refractivity contribution in [2.24, 2.45) is 0 Å². The van der Waals surface area contributed by atoms with Crippen LogP contribution in [0.3, 0.4) is 0 Å². The molecule has 18 heavy (non-hydrogen) atoms. The van der Waals surface area contributed by atoms with E-state index in [2.05, 4.69) is 5.32 Å². The molecule has 0 aliphatic carbocycles. The second-order valence-corrected chi connectivity index (χ2v) is 5.14. The molecule has 1 aliphatic rings. The van der Waals surface area contributed by atoms with Crippen LogP contribution >= 0.6 is 0 Å². The van der Waals surface area contributed by atoms with Gasteiger partial charge in [0.15, 0.2) is 0 Å². The number of ether oxygens (including phenoxy) is 1. The first-order chi connectivity index (χ1) is 8.38. The van der Waals surface area contributed by atoms with Gasteiger partial charge in [-0.3, -0.25) is 0 Å². The molecule has 1 heterocycles. The molecule has 1 unspecified atom stereocenters. The number of benzene rings is 1. The van der Waals surface area contributed by atoms with Crippen LogP contribution in [0.4, 0.5) is 8.78 Å². The number of hydrogen-bond acceptors (Lipinski definition) is 2. The van der Waals surface area contributed by atoms with Crippen molar-refractivity contribution in [3.8, 4) is 5.75 Å². The van der Waals surface area contributed by atoms with E-state index in [1.165, 1.54) is 13.2 Å². The molecule has 1 aromatic rings. The summed E-state index contributed by atoms with van der Waals surface area (Å²) in [5.41, 5.74) is 0.506. The van der Waals surface area contributed by atoms with Crippen LogP contribution in [0.1, 0.15) is 37.8 Å². The molecule has 0 bridgehead atoms. The van der Waals surface area contributed by atoms with Gasteiger partial charge in [0, 0.05) is 18.0 Å². The molecule has 1 atom stereocenters. The number of para-hydroxylation sites is 1. The normalized spacial score (nSPS) is 24.3. The maximum Gasteiger partial charge on any atom is 0.274 e. The molecule has 0 amide bonds. The summed E-state index contributed by atoms with van der Waals surface area (Å²) in [4.78, 5) is 0. The second kappa shape index (κ2) is 4.50. The lowest BCUT2D eigenvalue weighted by Crippen LogP contribution is -2.34. The van der Waals surface area contributed by atoms with Crippen molar-refractivity contribution < 1.29 is 13.5 Å². The summed E-state index contributed by atoms with van der Waals surface area (Å²) in [6.07, 6.45) is 1.98. The maximum absolute atomic E-state index is 13.6. The van der Waals surface area contributed by atoms with Gasteiger partial charge in [0.25, 0.3) is 5.92 Å². The Morgan fingerprint density at radius 1 is 1.39 bits per heavy atom. The van der Waals surface area contributed by atoms with Crippen LogP contribution in [-0.4, -0.2) is 13.7 Å². The Balaban J connectivity index is 2.55. The number of rotatable bonds is 3. The van der Waals surface area contributed by atoms with E-state index in [9.17, 15) is 8.78 Å². The van der Waals surface area contributed by atoms with Gasteiger partial charge >= 0.3 is 0 Å². The third-order valence-electron chi connectivity index (χ3n) is 3.66. The summed E-state index contributed by atoms with van der Waals surface area (Å²) >= 11 is 0. The zero-order valence-electron chi connectivity index (χ0n) is 11.0. The highest BCUT2D eigenvalue weighted by molar-refractivity contribution is 5.47. The number of halogens is 2. The number of nitrogens with one attached hydrogen (secondary N) is 1. The fraction of sp³-hybridized carbons (Fsp3) is 0.571. The van der Waals surface area contributed by atoms with Gasteiger partial charge in [-0.25, -0.2) is 8.78 Å². The molecule has 2 nitrogen and oxygen atoms in total. The van der Waals surface area contributed by atoms with Crippen molar-refractivity contribution in [3.05, 3.63) is 29.3 Å². The van der Waals surface area contributed by atoms with E-state index >= 15 is 0 Å². The van der Waals surface area contributed by atoms with Crippen LogP contribution < -0.4 is 10.1 Å². The lowest BCUT2D eigenvalue weighted by molar-refractivity contribution is 0.0148. The fourth-order valence-corrected chi connectivity index (χ4v) is 2.66. The standard InChI is InChI=1S/C14H19F2NO/c1-13(8-5-9-17-13)10-6-4-7-11(12(10)18-3)14(2,15)16/h4,6-7,17H,5,8-9H2,1-3H3. The van der Waals surface area contributed by atoms with Gasteiger partial charge in [0.05, 0.1) is 12.7 Å². The molecule has 1 saturated heterocycles. The van der Waals surface area contributed by atoms with E-state index in [0.29, 0.717) is 5.75 Å². The molecule has 4 heteroatoms. The molecule has 0 saturated carbocycles. The first-order valence-corrected chi connectivity index (χ1v) is 6.19. The molecular formula is C14H19F2NO. The Morgan fingerprint density at radius 2 is 2.11 bits per heavy atom. The van der Waals surface area contributed by atoms with Crippen LogP contribution in [0.2, 0.25) is 0 Å². The molecule has 100 valence electrons. The molecule has 0 radical (unpaired) electrons. The van der Waals surface area contributed by atoms with Crippen molar-refractivity contribution in [3.63, 3.8) is 0 Å². The Kier molecular flexibility index (Phi) is 3.32. The predicted molar refractivity (Wildman–Crippen MR) is 67.2 cm³/mol. The smallest absolute Gasteiger partial charge is 0.274 e. The molecule has 0 spiro atoms. The van der Waals surface area contributed by atoms with E-state index in [-0.39, 0.29) is 11.1 Å². The van der Waals surface area contributed by atoms with E-state index < -0.39 is 5.92 Å². The van der Waals surface area contributed by atoms with E-state index in [1.54, 1.807) is 6.07 Å². The lowest BCUT2D eigenvalue weighted by atomic mass is 9.87. The van der Waals surface area contributed by atoms with Crippen LogP contribution in [0.15, 0.2) is 18.2 Å². The van der Waals surface area contributed by atoms with Crippen molar-refractivity contribution in [1.82, 2.24) is 5.32 Å². The highest BCUT2D eigenvalue weighted by atomic mass is 19.3. The van der Waals surface area contributed by atoms with Gasteiger partial charge in [-0.1, -0.05) is 12.1 Å². The van der Waals surface area contributed by atoms with Gasteiger partial charge < -0.3 is 10.1 Å². The summed E-state index contributed by atoms with van der Waals surface area (Å²) in [5.74, 6) is -2.59. The molecule has 1 aliphatic heterocycles. The predicted octanol–water partition coefficient (Wildman–Crippen LogP) is 3.41. The summed E-state index contributed by atoms with van der Waals surface area (Å²) in [6.45, 7) is 3.85. The van der Waals surface area contributed by atoms with Crippen molar-refractivity contribution in [2.45, 2.75) is 38.2 Å². The molecule has 1 fully saturated rings. The number of alkyl halides is 2. The average Bonchev–Trinajstić information content (AvgIpc) is 2.75. The third kappa shape index (κ3) is 2.21. The molecule has 1 aromatic carbocycles. The minimum Gasteiger partial charge on any atom is -0.496 e. The van der Waals surface area contributed by atoms with E-state index in [0.717, 1.165) is 31.9 Å². The van der Waals surface area contributed by atoms with Crippen LogP contribution in [0.5, 0.6) is 5.75 Å². The third-order valence-corrected chi connectivity index (χ3v) is 3.66. The van der Waals surface area contributed by atoms with Crippen molar-refractivity contribution >= 4 is 0 Å². The van der Waals surface area contributed by atoms with Crippen LogP contribution in [-0.2, 0) is 11.5 Å². The Hall–Kier alpha value is -1.16. The number of hydrogen-bond donors (Lipinski definition) is 1. The van der Waals surface area contributed by atoms with E-state index in [1.807, 2.05) is 13.0 Å². The summed E-state index contributed by atoms with van der Waals surface area (Å²) < 4.78 is 32.4. The topological polar surface area (TPSA) is 21.3 Å². The van der Waals surface area contributed by atoms with Gasteiger partial charge in [0.2, 0.25) is 0 Å².